The van der Waals surface area contributed by atoms with Crippen molar-refractivity contribution < 1.29 is 18.0 Å². The molecule has 1 N–H and O–H groups in total. The Morgan fingerprint density at radius 2 is 1.68 bits per heavy atom. The van der Waals surface area contributed by atoms with Gasteiger partial charge in [-0.15, -0.1) is 12.4 Å². The van der Waals surface area contributed by atoms with Crippen molar-refractivity contribution in [2.45, 2.75) is 19.9 Å². The van der Waals surface area contributed by atoms with Crippen molar-refractivity contribution in [1.29, 1.82) is 0 Å². The molecule has 2 aromatic carbocycles. The summed E-state index contributed by atoms with van der Waals surface area (Å²) in [4.78, 5) is 32.6. The van der Waals surface area contributed by atoms with Gasteiger partial charge in [0.25, 0.3) is 10.0 Å². The number of amides is 2. The van der Waals surface area contributed by atoms with Gasteiger partial charge in [-0.2, -0.15) is 5.10 Å². The first kappa shape index (κ1) is 30.3. The molecule has 0 fully saturated rings. The maximum Gasteiger partial charge on any atom is 0.257 e. The molecule has 0 saturated heterocycles. The summed E-state index contributed by atoms with van der Waals surface area (Å²) in [5, 5.41) is 5.27. The fourth-order valence-electron chi connectivity index (χ4n) is 4.04. The lowest BCUT2D eigenvalue weighted by molar-refractivity contribution is -0.132. The first-order chi connectivity index (χ1) is 18.8. The topological polar surface area (TPSA) is 114 Å². The van der Waals surface area contributed by atoms with Crippen LogP contribution in [0.25, 0.3) is 6.08 Å². The number of hydrogen-bond donors (Lipinski definition) is 1. The molecule has 4 rings (SSSR count). The largest absolute Gasteiger partial charge is 0.312 e. The van der Waals surface area contributed by atoms with Crippen molar-refractivity contribution in [2.24, 2.45) is 5.92 Å². The van der Waals surface area contributed by atoms with Crippen LogP contribution in [-0.4, -0.2) is 41.5 Å². The molecule has 0 aliphatic rings. The van der Waals surface area contributed by atoms with Crippen LogP contribution in [0.4, 0.5) is 5.69 Å². The summed E-state index contributed by atoms with van der Waals surface area (Å²) in [5.41, 5.74) is 2.83. The number of pyridine rings is 1. The molecule has 208 valence electrons. The lowest BCUT2D eigenvalue weighted by Crippen LogP contribution is -2.46. The smallest absolute Gasteiger partial charge is 0.257 e. The third-order valence-corrected chi connectivity index (χ3v) is 6.92. The first-order valence-electron chi connectivity index (χ1n) is 12.4. The molecule has 0 spiro atoms. The van der Waals surface area contributed by atoms with Gasteiger partial charge in [0, 0.05) is 30.8 Å². The van der Waals surface area contributed by atoms with Gasteiger partial charge in [-0.25, -0.2) is 13.1 Å². The maximum atomic E-state index is 13.7. The summed E-state index contributed by atoms with van der Waals surface area (Å²) in [6.07, 6.45) is 8.09. The van der Waals surface area contributed by atoms with Gasteiger partial charge in [-0.1, -0.05) is 54.6 Å². The molecule has 2 heterocycles. The number of halogens is 1. The summed E-state index contributed by atoms with van der Waals surface area (Å²) < 4.78 is 29.2. The number of carbonyl (C=O) groups excluding carboxylic acids is 2. The van der Waals surface area contributed by atoms with Crippen molar-refractivity contribution in [3.8, 4) is 0 Å². The van der Waals surface area contributed by atoms with Crippen LogP contribution < -0.4 is 9.62 Å². The van der Waals surface area contributed by atoms with Gasteiger partial charge in [0.15, 0.2) is 0 Å². The zero-order valence-corrected chi connectivity index (χ0v) is 23.5. The van der Waals surface area contributed by atoms with Crippen LogP contribution in [-0.2, 0) is 32.6 Å². The normalized spacial score (nSPS) is 11.9. The minimum absolute atomic E-state index is 0. The van der Waals surface area contributed by atoms with E-state index in [0.717, 1.165) is 11.0 Å². The Labute approximate surface area is 240 Å². The van der Waals surface area contributed by atoms with Gasteiger partial charge >= 0.3 is 0 Å². The molecule has 40 heavy (non-hydrogen) atoms. The number of benzene rings is 2. The Balaban J connectivity index is 0.00000441. The fraction of sp³-hybridized carbons (Fsp3) is 0.172. The SMILES string of the molecule is CCN(C(=O)C(Cc1cnn(Cc2cccnc2)c1)C(=O)NS(=O)(=O)C=Cc1ccccc1)c1ccccc1.Cl. The average molecular weight is 580 g/mol. The molecule has 1 unspecified atom stereocenters. The lowest BCUT2D eigenvalue weighted by Gasteiger charge is -2.25. The zero-order chi connectivity index (χ0) is 27.7. The van der Waals surface area contributed by atoms with Crippen molar-refractivity contribution in [3.05, 3.63) is 120 Å². The van der Waals surface area contributed by atoms with E-state index in [4.69, 9.17) is 0 Å². The highest BCUT2D eigenvalue weighted by Crippen LogP contribution is 2.20. The van der Waals surface area contributed by atoms with Gasteiger partial charge in [0.05, 0.1) is 18.1 Å². The number of nitrogens with zero attached hydrogens (tertiary/aromatic N) is 4. The molecule has 2 amide bonds. The third kappa shape index (κ3) is 8.36. The summed E-state index contributed by atoms with van der Waals surface area (Å²) in [5.74, 6) is -2.73. The highest BCUT2D eigenvalue weighted by Gasteiger charge is 2.33. The van der Waals surface area contributed by atoms with Gasteiger partial charge in [0.2, 0.25) is 11.8 Å². The predicted molar refractivity (Wildman–Crippen MR) is 157 cm³/mol. The molecular weight excluding hydrogens is 550 g/mol. The Morgan fingerprint density at radius 1 is 0.975 bits per heavy atom. The summed E-state index contributed by atoms with van der Waals surface area (Å²) >= 11 is 0. The van der Waals surface area contributed by atoms with E-state index in [1.807, 2.05) is 24.3 Å². The minimum atomic E-state index is -4.16. The van der Waals surface area contributed by atoms with E-state index in [1.165, 1.54) is 11.0 Å². The number of hydrogen-bond acceptors (Lipinski definition) is 6. The highest BCUT2D eigenvalue weighted by molar-refractivity contribution is 7.93. The highest BCUT2D eigenvalue weighted by atomic mass is 35.5. The quantitative estimate of drug-likeness (QED) is 0.268. The van der Waals surface area contributed by atoms with Crippen molar-refractivity contribution in [1.82, 2.24) is 19.5 Å². The van der Waals surface area contributed by atoms with Crippen LogP contribution in [0.15, 0.2) is 103 Å². The van der Waals surface area contributed by atoms with Gasteiger partial charge in [-0.3, -0.25) is 19.3 Å². The van der Waals surface area contributed by atoms with Gasteiger partial charge in [-0.05, 0) is 54.3 Å². The Morgan fingerprint density at radius 3 is 2.33 bits per heavy atom. The predicted octanol–water partition coefficient (Wildman–Crippen LogP) is 4.08. The molecule has 0 saturated carbocycles. The van der Waals surface area contributed by atoms with Crippen LogP contribution in [0.5, 0.6) is 0 Å². The van der Waals surface area contributed by atoms with Crippen LogP contribution in [0.3, 0.4) is 0 Å². The Bertz CT molecular complexity index is 1530. The molecule has 11 heteroatoms. The van der Waals surface area contributed by atoms with Crippen LogP contribution >= 0.6 is 12.4 Å². The number of nitrogens with one attached hydrogen (secondary N) is 1. The van der Waals surface area contributed by atoms with E-state index in [-0.39, 0.29) is 18.8 Å². The Kier molecular flexibility index (Phi) is 10.7. The van der Waals surface area contributed by atoms with E-state index >= 15 is 0 Å². The lowest BCUT2D eigenvalue weighted by atomic mass is 9.99. The molecule has 9 nitrogen and oxygen atoms in total. The molecule has 0 bridgehead atoms. The van der Waals surface area contributed by atoms with Crippen LogP contribution in [0.2, 0.25) is 0 Å². The third-order valence-electron chi connectivity index (χ3n) is 5.94. The monoisotopic (exact) mass is 579 g/mol. The first-order valence-corrected chi connectivity index (χ1v) is 14.0. The number of para-hydroxylation sites is 1. The molecule has 2 aromatic heterocycles. The Hall–Kier alpha value is -4.28. The number of sulfonamides is 1. The van der Waals surface area contributed by atoms with E-state index in [0.29, 0.717) is 29.9 Å². The molecule has 0 radical (unpaired) electrons. The maximum absolute atomic E-state index is 13.7. The van der Waals surface area contributed by atoms with Gasteiger partial charge < -0.3 is 4.90 Å². The van der Waals surface area contributed by atoms with E-state index in [1.54, 1.807) is 84.9 Å². The van der Waals surface area contributed by atoms with Crippen LogP contribution in [0.1, 0.15) is 23.6 Å². The molecule has 0 aliphatic heterocycles. The number of anilines is 1. The average Bonchev–Trinajstić information content (AvgIpc) is 3.39. The van der Waals surface area contributed by atoms with E-state index < -0.39 is 27.8 Å². The second-order valence-electron chi connectivity index (χ2n) is 8.81. The van der Waals surface area contributed by atoms with Gasteiger partial charge in [0.1, 0.15) is 5.92 Å². The second-order valence-corrected chi connectivity index (χ2v) is 10.4. The summed E-state index contributed by atoms with van der Waals surface area (Å²) in [6, 6.07) is 21.5. The molecular formula is C29H30ClN5O4S. The second kappa shape index (κ2) is 14.2. The van der Waals surface area contributed by atoms with E-state index in [9.17, 15) is 18.0 Å². The number of rotatable bonds is 11. The van der Waals surface area contributed by atoms with E-state index in [2.05, 4.69) is 14.8 Å². The summed E-state index contributed by atoms with van der Waals surface area (Å²) in [6.45, 7) is 2.56. The summed E-state index contributed by atoms with van der Waals surface area (Å²) in [7, 11) is -4.16. The minimum Gasteiger partial charge on any atom is -0.312 e. The van der Waals surface area contributed by atoms with Crippen LogP contribution in [0, 0.1) is 5.92 Å². The van der Waals surface area contributed by atoms with Crippen molar-refractivity contribution >= 4 is 46.0 Å². The fourth-order valence-corrected chi connectivity index (χ4v) is 4.87. The zero-order valence-electron chi connectivity index (χ0n) is 21.8. The molecule has 0 aliphatic carbocycles. The standard InChI is InChI=1S/C29H29N5O4S.ClH/c1-2-34(26-13-7-4-8-14-26)29(36)27(18-25-20-31-33(22-25)21-24-12-9-16-30-19-24)28(35)32-39(37,38)17-15-23-10-5-3-6-11-23;/h3-17,19-20,22,27H,2,18,21H2,1H3,(H,32,35);1H. The number of carbonyl (C=O) groups is 2. The number of aromatic nitrogens is 3. The molecule has 4 aromatic rings. The molecule has 1 atom stereocenters. The van der Waals surface area contributed by atoms with Crippen molar-refractivity contribution in [2.75, 3.05) is 11.4 Å². The van der Waals surface area contributed by atoms with Crippen molar-refractivity contribution in [3.63, 3.8) is 0 Å².